The first-order chi connectivity index (χ1) is 12.6. The molecule has 0 saturated carbocycles. The van der Waals surface area contributed by atoms with Gasteiger partial charge < -0.3 is 0 Å². The third-order valence-corrected chi connectivity index (χ3v) is 6.97. The highest BCUT2D eigenvalue weighted by molar-refractivity contribution is 8.01. The van der Waals surface area contributed by atoms with Gasteiger partial charge in [-0.15, -0.1) is 10.2 Å². The standard InChI is InChI=1S/C16H21FN4O3S3/c1-10(2)9-25-16-20-19-15(26-16)18-14(22)11(3)21(27(4,23)24)13-7-5-6-12(17)8-13/h5-8,10-11H,9H2,1-4H3,(H,18,19,22)/t11-/m0/s1. The predicted octanol–water partition coefficient (Wildman–Crippen LogP) is 3.22. The number of carbonyl (C=O) groups excluding carboxylic acids is 1. The lowest BCUT2D eigenvalue weighted by atomic mass is 10.2. The number of hydrogen-bond acceptors (Lipinski definition) is 7. The maximum absolute atomic E-state index is 13.5. The van der Waals surface area contributed by atoms with Gasteiger partial charge in [0.25, 0.3) is 0 Å². The first kappa shape index (κ1) is 21.6. The Morgan fingerprint density at radius 3 is 2.63 bits per heavy atom. The maximum Gasteiger partial charge on any atom is 0.249 e. The number of thioether (sulfide) groups is 1. The summed E-state index contributed by atoms with van der Waals surface area (Å²) in [6, 6.07) is 3.98. The van der Waals surface area contributed by atoms with Gasteiger partial charge in [0.1, 0.15) is 11.9 Å². The summed E-state index contributed by atoms with van der Waals surface area (Å²) in [4.78, 5) is 12.6. The summed E-state index contributed by atoms with van der Waals surface area (Å²) >= 11 is 2.76. The van der Waals surface area contributed by atoms with Gasteiger partial charge in [-0.3, -0.25) is 14.4 Å². The van der Waals surface area contributed by atoms with Crippen molar-refractivity contribution in [1.29, 1.82) is 0 Å². The Hall–Kier alpha value is -1.72. The summed E-state index contributed by atoms with van der Waals surface area (Å²) in [6.45, 7) is 5.60. The first-order valence-electron chi connectivity index (χ1n) is 8.10. The molecule has 0 spiro atoms. The van der Waals surface area contributed by atoms with E-state index in [1.165, 1.54) is 48.2 Å². The maximum atomic E-state index is 13.5. The molecule has 2 rings (SSSR count). The molecule has 0 unspecified atom stereocenters. The molecule has 0 aliphatic heterocycles. The van der Waals surface area contributed by atoms with Crippen LogP contribution in [-0.2, 0) is 14.8 Å². The van der Waals surface area contributed by atoms with Crippen molar-refractivity contribution in [3.05, 3.63) is 30.1 Å². The van der Waals surface area contributed by atoms with Crippen molar-refractivity contribution in [2.24, 2.45) is 5.92 Å². The molecule has 0 aliphatic rings. The van der Waals surface area contributed by atoms with Gasteiger partial charge >= 0.3 is 0 Å². The Bertz CT molecular complexity index is 902. The van der Waals surface area contributed by atoms with E-state index in [4.69, 9.17) is 0 Å². The molecule has 0 bridgehead atoms. The SMILES string of the molecule is CC(C)CSc1nnc(NC(=O)[C@H](C)N(c2cccc(F)c2)S(C)(=O)=O)s1. The highest BCUT2D eigenvalue weighted by Crippen LogP contribution is 2.28. The summed E-state index contributed by atoms with van der Waals surface area (Å²) in [7, 11) is -3.82. The lowest BCUT2D eigenvalue weighted by molar-refractivity contribution is -0.116. The van der Waals surface area contributed by atoms with Gasteiger partial charge in [-0.1, -0.05) is 43.0 Å². The molecule has 27 heavy (non-hydrogen) atoms. The van der Waals surface area contributed by atoms with Crippen molar-refractivity contribution >= 4 is 49.8 Å². The van der Waals surface area contributed by atoms with Crippen molar-refractivity contribution in [2.75, 3.05) is 21.6 Å². The van der Waals surface area contributed by atoms with Crippen LogP contribution >= 0.6 is 23.1 Å². The van der Waals surface area contributed by atoms with Crippen molar-refractivity contribution in [3.8, 4) is 0 Å². The zero-order valence-corrected chi connectivity index (χ0v) is 17.8. The molecule has 0 aliphatic carbocycles. The van der Waals surface area contributed by atoms with Crippen LogP contribution in [0.3, 0.4) is 0 Å². The fraction of sp³-hybridized carbons (Fsp3) is 0.438. The molecule has 1 amide bonds. The molecule has 1 heterocycles. The largest absolute Gasteiger partial charge is 0.299 e. The van der Waals surface area contributed by atoms with E-state index >= 15 is 0 Å². The predicted molar refractivity (Wildman–Crippen MR) is 107 cm³/mol. The van der Waals surface area contributed by atoms with E-state index in [1.54, 1.807) is 0 Å². The third-order valence-electron chi connectivity index (χ3n) is 3.33. The van der Waals surface area contributed by atoms with Crippen LogP contribution in [0.1, 0.15) is 20.8 Å². The molecule has 0 radical (unpaired) electrons. The van der Waals surface area contributed by atoms with E-state index in [9.17, 15) is 17.6 Å². The fourth-order valence-electron chi connectivity index (χ4n) is 2.19. The minimum Gasteiger partial charge on any atom is -0.299 e. The topological polar surface area (TPSA) is 92.3 Å². The summed E-state index contributed by atoms with van der Waals surface area (Å²) in [5.74, 6) is 0.193. The van der Waals surface area contributed by atoms with Crippen LogP contribution in [0.25, 0.3) is 0 Å². The Labute approximate surface area is 166 Å². The number of aromatic nitrogens is 2. The van der Waals surface area contributed by atoms with Crippen molar-refractivity contribution in [3.63, 3.8) is 0 Å². The number of nitrogens with one attached hydrogen (secondary N) is 1. The molecule has 0 fully saturated rings. The molecule has 1 aromatic heterocycles. The van der Waals surface area contributed by atoms with Crippen LogP contribution in [0.4, 0.5) is 15.2 Å². The molecule has 1 atom stereocenters. The number of rotatable bonds is 8. The van der Waals surface area contributed by atoms with Crippen LogP contribution in [0.15, 0.2) is 28.6 Å². The second-order valence-electron chi connectivity index (χ2n) is 6.28. The number of sulfonamides is 1. The first-order valence-corrected chi connectivity index (χ1v) is 11.7. The zero-order chi connectivity index (χ0) is 20.2. The number of nitrogens with zero attached hydrogens (tertiary/aromatic N) is 3. The molecular weight excluding hydrogens is 411 g/mol. The second-order valence-corrected chi connectivity index (χ2v) is 10.4. The Morgan fingerprint density at radius 2 is 2.04 bits per heavy atom. The normalized spacial score (nSPS) is 12.8. The highest BCUT2D eigenvalue weighted by atomic mass is 32.2. The van der Waals surface area contributed by atoms with Crippen LogP contribution in [0.2, 0.25) is 0 Å². The molecule has 0 saturated heterocycles. The molecule has 1 aromatic carbocycles. The van der Waals surface area contributed by atoms with Gasteiger partial charge in [-0.2, -0.15) is 0 Å². The van der Waals surface area contributed by atoms with Gasteiger partial charge in [-0.05, 0) is 31.0 Å². The number of halogens is 1. The summed E-state index contributed by atoms with van der Waals surface area (Å²) < 4.78 is 39.5. The number of benzene rings is 1. The smallest absolute Gasteiger partial charge is 0.249 e. The van der Waals surface area contributed by atoms with E-state index in [2.05, 4.69) is 29.4 Å². The van der Waals surface area contributed by atoms with Gasteiger partial charge in [-0.25, -0.2) is 12.8 Å². The van der Waals surface area contributed by atoms with Crippen LogP contribution < -0.4 is 9.62 Å². The summed E-state index contributed by atoms with van der Waals surface area (Å²) in [5, 5.41) is 10.8. The van der Waals surface area contributed by atoms with Gasteiger partial charge in [0.2, 0.25) is 21.1 Å². The molecule has 2 aromatic rings. The molecule has 148 valence electrons. The molecule has 7 nitrogen and oxygen atoms in total. The van der Waals surface area contributed by atoms with Gasteiger partial charge in [0.15, 0.2) is 4.34 Å². The van der Waals surface area contributed by atoms with E-state index < -0.39 is 27.8 Å². The molecule has 11 heteroatoms. The van der Waals surface area contributed by atoms with Crippen LogP contribution in [0, 0.1) is 11.7 Å². The lowest BCUT2D eigenvalue weighted by Crippen LogP contribution is -2.45. The second kappa shape index (κ2) is 8.98. The van der Waals surface area contributed by atoms with Crippen molar-refractivity contribution in [1.82, 2.24) is 10.2 Å². The average Bonchev–Trinajstić information content (AvgIpc) is 2.99. The van der Waals surface area contributed by atoms with Gasteiger partial charge in [0.05, 0.1) is 11.9 Å². The quantitative estimate of drug-likeness (QED) is 0.509. The van der Waals surface area contributed by atoms with E-state index in [0.29, 0.717) is 5.92 Å². The highest BCUT2D eigenvalue weighted by Gasteiger charge is 2.30. The minimum absolute atomic E-state index is 0.0746. The monoisotopic (exact) mass is 432 g/mol. The fourth-order valence-corrected chi connectivity index (χ4v) is 5.09. The van der Waals surface area contributed by atoms with E-state index in [-0.39, 0.29) is 10.8 Å². The molecule has 1 N–H and O–H groups in total. The molecular formula is C16H21FN4O3S3. The summed E-state index contributed by atoms with van der Waals surface area (Å²) in [6.07, 6.45) is 0.966. The average molecular weight is 433 g/mol. The van der Waals surface area contributed by atoms with Crippen molar-refractivity contribution in [2.45, 2.75) is 31.2 Å². The van der Waals surface area contributed by atoms with Crippen LogP contribution in [0.5, 0.6) is 0 Å². The lowest BCUT2D eigenvalue weighted by Gasteiger charge is -2.27. The van der Waals surface area contributed by atoms with Gasteiger partial charge in [0, 0.05) is 5.75 Å². The third kappa shape index (κ3) is 6.15. The number of anilines is 2. The Balaban J connectivity index is 2.16. The summed E-state index contributed by atoms with van der Waals surface area (Å²) in [5.41, 5.74) is 0.0746. The van der Waals surface area contributed by atoms with E-state index in [0.717, 1.165) is 26.7 Å². The van der Waals surface area contributed by atoms with E-state index in [1.807, 2.05) is 0 Å². The Kier molecular flexibility index (Phi) is 7.18. The number of amides is 1. The Morgan fingerprint density at radius 1 is 1.33 bits per heavy atom. The zero-order valence-electron chi connectivity index (χ0n) is 15.3. The minimum atomic E-state index is -3.82. The number of carbonyl (C=O) groups is 1. The van der Waals surface area contributed by atoms with Crippen molar-refractivity contribution < 1.29 is 17.6 Å². The van der Waals surface area contributed by atoms with Crippen LogP contribution in [-0.4, -0.2) is 42.6 Å². The number of hydrogen-bond donors (Lipinski definition) is 1.